The molecule has 5 nitrogen and oxygen atoms in total. The van der Waals surface area contributed by atoms with Crippen LogP contribution >= 0.6 is 12.4 Å². The molecule has 6 fully saturated rings. The third kappa shape index (κ3) is 3.81. The summed E-state index contributed by atoms with van der Waals surface area (Å²) in [6.07, 6.45) is 10.5. The van der Waals surface area contributed by atoms with E-state index in [2.05, 4.69) is 10.2 Å². The Morgan fingerprint density at radius 3 is 2.00 bits per heavy atom. The van der Waals surface area contributed by atoms with Crippen molar-refractivity contribution < 1.29 is 9.59 Å². The smallest absolute Gasteiger partial charge is 0.228 e. The number of piperazine rings is 1. The van der Waals surface area contributed by atoms with E-state index in [1.54, 1.807) is 0 Å². The maximum absolute atomic E-state index is 13.4. The molecule has 2 saturated heterocycles. The summed E-state index contributed by atoms with van der Waals surface area (Å²) in [4.78, 5) is 30.1. The molecule has 0 aromatic heterocycles. The Bertz CT molecular complexity index is 561. The number of hydrogen-bond acceptors (Lipinski definition) is 3. The van der Waals surface area contributed by atoms with Gasteiger partial charge < -0.3 is 15.1 Å². The Kier molecular flexibility index (Phi) is 5.95. The van der Waals surface area contributed by atoms with Crippen molar-refractivity contribution in [3.8, 4) is 0 Å². The summed E-state index contributed by atoms with van der Waals surface area (Å²) in [5, 5.41) is 3.38. The number of hydrogen-bond donors (Lipinski definition) is 1. The van der Waals surface area contributed by atoms with Crippen LogP contribution in [0.3, 0.4) is 0 Å². The third-order valence-corrected chi connectivity index (χ3v) is 8.34. The molecule has 28 heavy (non-hydrogen) atoms. The van der Waals surface area contributed by atoms with E-state index in [1.165, 1.54) is 25.7 Å². The quantitative estimate of drug-likeness (QED) is 0.776. The Labute approximate surface area is 175 Å². The number of carbonyl (C=O) groups excluding carboxylic acids is 2. The first-order valence-corrected chi connectivity index (χ1v) is 11.4. The van der Waals surface area contributed by atoms with Crippen molar-refractivity contribution in [2.75, 3.05) is 39.3 Å². The maximum Gasteiger partial charge on any atom is 0.228 e. The second-order valence-corrected chi connectivity index (χ2v) is 10.3. The van der Waals surface area contributed by atoms with E-state index in [-0.39, 0.29) is 17.8 Å². The number of nitrogens with one attached hydrogen (secondary N) is 1. The molecule has 0 aromatic rings. The molecule has 158 valence electrons. The first-order valence-electron chi connectivity index (χ1n) is 11.4. The van der Waals surface area contributed by atoms with Crippen LogP contribution in [0.15, 0.2) is 0 Å². The minimum atomic E-state index is -0.0313. The van der Waals surface area contributed by atoms with Gasteiger partial charge in [-0.15, -0.1) is 12.4 Å². The van der Waals surface area contributed by atoms with Crippen LogP contribution in [0.1, 0.15) is 57.8 Å². The first-order chi connectivity index (χ1) is 13.1. The average Bonchev–Trinajstić information content (AvgIpc) is 3.18. The fourth-order valence-electron chi connectivity index (χ4n) is 7.31. The van der Waals surface area contributed by atoms with Gasteiger partial charge in [-0.05, 0) is 88.1 Å². The van der Waals surface area contributed by atoms with E-state index in [0.29, 0.717) is 24.2 Å². The highest BCUT2D eigenvalue weighted by Gasteiger charge is 2.55. The minimum absolute atomic E-state index is 0. The van der Waals surface area contributed by atoms with Gasteiger partial charge in [-0.25, -0.2) is 0 Å². The van der Waals surface area contributed by atoms with Gasteiger partial charge in [-0.3, -0.25) is 9.59 Å². The highest BCUT2D eigenvalue weighted by molar-refractivity contribution is 5.85. The molecule has 6 heteroatoms. The lowest BCUT2D eigenvalue weighted by Gasteiger charge is -2.57. The van der Waals surface area contributed by atoms with Gasteiger partial charge in [0.15, 0.2) is 0 Å². The van der Waals surface area contributed by atoms with Crippen LogP contribution in [-0.4, -0.2) is 60.9 Å². The molecular weight excluding hydrogens is 374 g/mol. The molecule has 4 saturated carbocycles. The van der Waals surface area contributed by atoms with Crippen LogP contribution in [-0.2, 0) is 9.59 Å². The van der Waals surface area contributed by atoms with Crippen molar-refractivity contribution in [2.45, 2.75) is 57.8 Å². The Morgan fingerprint density at radius 2 is 1.46 bits per heavy atom. The zero-order valence-electron chi connectivity index (χ0n) is 17.0. The molecule has 6 aliphatic rings. The van der Waals surface area contributed by atoms with E-state index < -0.39 is 0 Å². The highest BCUT2D eigenvalue weighted by atomic mass is 35.5. The largest absolute Gasteiger partial charge is 0.339 e. The second-order valence-electron chi connectivity index (χ2n) is 10.3. The lowest BCUT2D eigenvalue weighted by Crippen LogP contribution is -2.58. The van der Waals surface area contributed by atoms with Gasteiger partial charge in [-0.1, -0.05) is 0 Å². The van der Waals surface area contributed by atoms with Gasteiger partial charge in [0.05, 0.1) is 5.41 Å². The summed E-state index contributed by atoms with van der Waals surface area (Å²) in [7, 11) is 0. The normalized spacial score (nSPS) is 39.1. The van der Waals surface area contributed by atoms with Crippen molar-refractivity contribution in [1.82, 2.24) is 15.1 Å². The second kappa shape index (κ2) is 8.14. The maximum atomic E-state index is 13.4. The third-order valence-electron chi connectivity index (χ3n) is 8.34. The molecule has 4 bridgehead atoms. The predicted octanol–water partition coefficient (Wildman–Crippen LogP) is 2.69. The van der Waals surface area contributed by atoms with E-state index >= 15 is 0 Å². The Hall–Kier alpha value is -0.810. The van der Waals surface area contributed by atoms with Crippen LogP contribution in [0.5, 0.6) is 0 Å². The van der Waals surface area contributed by atoms with E-state index in [4.69, 9.17) is 0 Å². The van der Waals surface area contributed by atoms with E-state index in [9.17, 15) is 9.59 Å². The number of carbonyl (C=O) groups is 2. The number of amides is 2. The number of rotatable bonds is 4. The summed E-state index contributed by atoms with van der Waals surface area (Å²) >= 11 is 0. The Balaban J connectivity index is 0.00000192. The Morgan fingerprint density at radius 1 is 0.893 bits per heavy atom. The summed E-state index contributed by atoms with van der Waals surface area (Å²) in [6, 6.07) is 0. The van der Waals surface area contributed by atoms with Crippen LogP contribution in [0.25, 0.3) is 0 Å². The molecule has 4 aliphatic carbocycles. The average molecular weight is 410 g/mol. The van der Waals surface area contributed by atoms with Crippen molar-refractivity contribution in [3.05, 3.63) is 0 Å². The van der Waals surface area contributed by atoms with E-state index in [1.807, 2.05) is 4.90 Å². The lowest BCUT2D eigenvalue weighted by atomic mass is 9.49. The number of nitrogens with zero attached hydrogens (tertiary/aromatic N) is 2. The lowest BCUT2D eigenvalue weighted by molar-refractivity contribution is -0.160. The molecule has 2 heterocycles. The molecule has 2 aliphatic heterocycles. The molecule has 1 N–H and O–H groups in total. The summed E-state index contributed by atoms with van der Waals surface area (Å²) in [5.41, 5.74) is -0.0313. The molecule has 1 unspecified atom stereocenters. The van der Waals surface area contributed by atoms with Crippen molar-refractivity contribution in [1.29, 1.82) is 0 Å². The van der Waals surface area contributed by atoms with Crippen molar-refractivity contribution in [3.63, 3.8) is 0 Å². The summed E-state index contributed by atoms with van der Waals surface area (Å²) in [6.45, 7) is 5.14. The first kappa shape index (κ1) is 20.5. The number of halogens is 1. The van der Waals surface area contributed by atoms with Crippen LogP contribution in [0.2, 0.25) is 0 Å². The highest BCUT2D eigenvalue weighted by Crippen LogP contribution is 2.60. The van der Waals surface area contributed by atoms with Crippen LogP contribution in [0, 0.1) is 29.1 Å². The molecule has 2 amide bonds. The SMILES string of the molecule is Cl.O=C(CCC1CCNC1)N1CCN(C(=O)C23CC4CC(CC(C4)C2)C3)CC1. The van der Waals surface area contributed by atoms with Crippen molar-refractivity contribution in [2.24, 2.45) is 29.1 Å². The molecule has 0 radical (unpaired) electrons. The van der Waals surface area contributed by atoms with Gasteiger partial charge in [0.1, 0.15) is 0 Å². The van der Waals surface area contributed by atoms with Gasteiger partial charge in [0.25, 0.3) is 0 Å². The van der Waals surface area contributed by atoms with Gasteiger partial charge in [0.2, 0.25) is 11.8 Å². The topological polar surface area (TPSA) is 52.7 Å². The summed E-state index contributed by atoms with van der Waals surface area (Å²) in [5.74, 6) is 3.84. The standard InChI is InChI=1S/C22H35N3O2.ClH/c26-20(2-1-16-3-4-23-15-16)24-5-7-25(8-6-24)21(27)22-12-17-9-18(13-22)11-19(10-17)14-22;/h16-19,23H,1-15H2;1H. The van der Waals surface area contributed by atoms with Crippen molar-refractivity contribution >= 4 is 24.2 Å². The predicted molar refractivity (Wildman–Crippen MR) is 111 cm³/mol. The minimum Gasteiger partial charge on any atom is -0.339 e. The monoisotopic (exact) mass is 409 g/mol. The van der Waals surface area contributed by atoms with E-state index in [0.717, 1.165) is 82.7 Å². The molecule has 0 spiro atoms. The van der Waals surface area contributed by atoms with Crippen LogP contribution in [0.4, 0.5) is 0 Å². The van der Waals surface area contributed by atoms with Gasteiger partial charge in [0, 0.05) is 32.6 Å². The van der Waals surface area contributed by atoms with Gasteiger partial charge in [-0.2, -0.15) is 0 Å². The zero-order valence-corrected chi connectivity index (χ0v) is 17.9. The molecular formula is C22H36ClN3O2. The molecule has 1 atom stereocenters. The fourth-order valence-corrected chi connectivity index (χ4v) is 7.31. The van der Waals surface area contributed by atoms with Gasteiger partial charge >= 0.3 is 0 Å². The molecule has 0 aromatic carbocycles. The molecule has 6 rings (SSSR count). The van der Waals surface area contributed by atoms with Crippen LogP contribution < -0.4 is 5.32 Å². The summed E-state index contributed by atoms with van der Waals surface area (Å²) < 4.78 is 0. The fraction of sp³-hybridized carbons (Fsp3) is 0.909. The zero-order chi connectivity index (χ0) is 18.4.